The summed E-state index contributed by atoms with van der Waals surface area (Å²) in [4.78, 5) is 24.4. The molecule has 6 nitrogen and oxygen atoms in total. The van der Waals surface area contributed by atoms with Crippen LogP contribution in [-0.4, -0.2) is 47.4 Å². The second-order valence-corrected chi connectivity index (χ2v) is 4.32. The second kappa shape index (κ2) is 4.39. The fourth-order valence-corrected chi connectivity index (χ4v) is 2.06. The molecule has 6 heteroatoms. The number of rotatable bonds is 2. The molecule has 3 amide bonds. The van der Waals surface area contributed by atoms with E-state index < -0.39 is 6.03 Å². The van der Waals surface area contributed by atoms with E-state index in [4.69, 9.17) is 9.84 Å². The van der Waals surface area contributed by atoms with Gasteiger partial charge in [-0.25, -0.2) is 4.79 Å². The number of amides is 3. The van der Waals surface area contributed by atoms with Crippen LogP contribution in [0.3, 0.4) is 0 Å². The summed E-state index contributed by atoms with van der Waals surface area (Å²) in [6.45, 7) is 2.13. The smallest absolute Gasteiger partial charge is 0.326 e. The molecule has 0 bridgehead atoms. The average Bonchev–Trinajstić information content (AvgIpc) is 2.71. The molecule has 0 saturated carbocycles. The number of hydrogen-bond acceptors (Lipinski definition) is 4. The van der Waals surface area contributed by atoms with E-state index in [1.165, 1.54) is 4.90 Å². The molecule has 2 saturated heterocycles. The molecule has 2 aliphatic rings. The molecule has 2 rings (SSSR count). The van der Waals surface area contributed by atoms with Gasteiger partial charge in [0.2, 0.25) is 5.91 Å². The Morgan fingerprint density at radius 1 is 1.50 bits per heavy atom. The lowest BCUT2D eigenvalue weighted by molar-refractivity contribution is -0.128. The summed E-state index contributed by atoms with van der Waals surface area (Å²) < 4.78 is 5.51. The highest BCUT2D eigenvalue weighted by atomic mass is 16.5. The minimum Gasteiger partial charge on any atom is -0.394 e. The van der Waals surface area contributed by atoms with Gasteiger partial charge in [0.25, 0.3) is 0 Å². The minimum absolute atomic E-state index is 0.0273. The number of imide groups is 1. The van der Waals surface area contributed by atoms with E-state index in [2.05, 4.69) is 5.32 Å². The van der Waals surface area contributed by atoms with Gasteiger partial charge in [0, 0.05) is 6.54 Å². The monoisotopic (exact) mass is 228 g/mol. The van der Waals surface area contributed by atoms with Crippen molar-refractivity contribution in [2.45, 2.75) is 32.1 Å². The molecular weight excluding hydrogens is 212 g/mol. The van der Waals surface area contributed by atoms with Gasteiger partial charge in [-0.15, -0.1) is 0 Å². The van der Waals surface area contributed by atoms with E-state index in [0.29, 0.717) is 13.0 Å². The molecule has 2 heterocycles. The third-order valence-corrected chi connectivity index (χ3v) is 3.05. The van der Waals surface area contributed by atoms with Crippen molar-refractivity contribution in [1.82, 2.24) is 10.2 Å². The van der Waals surface area contributed by atoms with Crippen molar-refractivity contribution < 1.29 is 19.4 Å². The second-order valence-electron chi connectivity index (χ2n) is 4.32. The first kappa shape index (κ1) is 11.3. The third kappa shape index (κ3) is 2.03. The van der Waals surface area contributed by atoms with E-state index >= 15 is 0 Å². The Morgan fingerprint density at radius 2 is 2.25 bits per heavy atom. The molecule has 0 spiro atoms. The molecule has 16 heavy (non-hydrogen) atoms. The van der Waals surface area contributed by atoms with Crippen molar-refractivity contribution in [2.24, 2.45) is 5.92 Å². The van der Waals surface area contributed by atoms with E-state index in [1.54, 1.807) is 6.92 Å². The first-order valence-corrected chi connectivity index (χ1v) is 5.49. The van der Waals surface area contributed by atoms with Crippen LogP contribution < -0.4 is 5.32 Å². The Kier molecular flexibility index (Phi) is 3.11. The van der Waals surface area contributed by atoms with Crippen molar-refractivity contribution >= 4 is 11.9 Å². The molecule has 1 unspecified atom stereocenters. The van der Waals surface area contributed by atoms with Gasteiger partial charge in [0.15, 0.2) is 0 Å². The predicted molar refractivity (Wildman–Crippen MR) is 54.4 cm³/mol. The number of hydrogen-bond donors (Lipinski definition) is 2. The van der Waals surface area contributed by atoms with Crippen molar-refractivity contribution in [3.05, 3.63) is 0 Å². The maximum atomic E-state index is 11.6. The zero-order chi connectivity index (χ0) is 11.7. The van der Waals surface area contributed by atoms with Crippen LogP contribution >= 0.6 is 0 Å². The summed E-state index contributed by atoms with van der Waals surface area (Å²) >= 11 is 0. The topological polar surface area (TPSA) is 78.9 Å². The van der Waals surface area contributed by atoms with Crippen molar-refractivity contribution in [1.29, 1.82) is 0 Å². The number of urea groups is 1. The zero-order valence-electron chi connectivity index (χ0n) is 9.18. The molecule has 90 valence electrons. The van der Waals surface area contributed by atoms with Gasteiger partial charge in [0.05, 0.1) is 18.6 Å². The Labute approximate surface area is 93.6 Å². The van der Waals surface area contributed by atoms with Crippen molar-refractivity contribution in [3.63, 3.8) is 0 Å². The standard InChI is InChI=1S/C10H16N2O4/c1-6-4-12(10(15)11-9(6)14)8-3-2-7(5-13)16-8/h6-8,13H,2-5H2,1H3,(H,11,14,15)/t6?,7-,8+/m0/s1. The van der Waals surface area contributed by atoms with E-state index in [9.17, 15) is 9.59 Å². The lowest BCUT2D eigenvalue weighted by atomic mass is 10.1. The van der Waals surface area contributed by atoms with Crippen LogP contribution in [-0.2, 0) is 9.53 Å². The highest BCUT2D eigenvalue weighted by Crippen LogP contribution is 2.24. The van der Waals surface area contributed by atoms with E-state index in [1.807, 2.05) is 0 Å². The van der Waals surface area contributed by atoms with Crippen LogP contribution in [0.1, 0.15) is 19.8 Å². The Bertz CT molecular complexity index is 307. The fraction of sp³-hybridized carbons (Fsp3) is 0.800. The molecule has 0 radical (unpaired) electrons. The van der Waals surface area contributed by atoms with Crippen LogP contribution in [0.4, 0.5) is 4.79 Å². The van der Waals surface area contributed by atoms with Gasteiger partial charge in [0.1, 0.15) is 6.23 Å². The maximum Gasteiger partial charge on any atom is 0.326 e. The van der Waals surface area contributed by atoms with Crippen LogP contribution in [0.2, 0.25) is 0 Å². The molecule has 2 fully saturated rings. The van der Waals surface area contributed by atoms with Crippen molar-refractivity contribution in [2.75, 3.05) is 13.2 Å². The molecule has 0 aliphatic carbocycles. The Balaban J connectivity index is 1.99. The number of ether oxygens (including phenoxy) is 1. The van der Waals surface area contributed by atoms with Gasteiger partial charge in [-0.3, -0.25) is 15.0 Å². The van der Waals surface area contributed by atoms with Crippen LogP contribution in [0.15, 0.2) is 0 Å². The summed E-state index contributed by atoms with van der Waals surface area (Å²) in [5.41, 5.74) is 0. The lowest BCUT2D eigenvalue weighted by Gasteiger charge is -2.34. The Hall–Kier alpha value is -1.14. The SMILES string of the molecule is CC1CN([C@H]2CC[C@@H](CO)O2)C(=O)NC1=O. The maximum absolute atomic E-state index is 11.6. The predicted octanol–water partition coefficient (Wildman–Crippen LogP) is -0.328. The number of carbonyl (C=O) groups is 2. The number of aliphatic hydroxyl groups excluding tert-OH is 1. The summed E-state index contributed by atoms with van der Waals surface area (Å²) in [5, 5.41) is 11.2. The van der Waals surface area contributed by atoms with Gasteiger partial charge in [-0.1, -0.05) is 6.92 Å². The quantitative estimate of drug-likeness (QED) is 0.678. The summed E-state index contributed by atoms with van der Waals surface area (Å²) in [6, 6.07) is -0.397. The van der Waals surface area contributed by atoms with Crippen LogP contribution in [0, 0.1) is 5.92 Å². The summed E-state index contributed by atoms with van der Waals surface area (Å²) in [6.07, 6.45) is 0.950. The Morgan fingerprint density at radius 3 is 2.88 bits per heavy atom. The largest absolute Gasteiger partial charge is 0.394 e. The van der Waals surface area contributed by atoms with Gasteiger partial charge in [-0.05, 0) is 12.8 Å². The number of nitrogens with zero attached hydrogens (tertiary/aromatic N) is 1. The van der Waals surface area contributed by atoms with Gasteiger partial charge < -0.3 is 9.84 Å². The molecule has 0 aromatic rings. The molecular formula is C10H16N2O4. The minimum atomic E-state index is -0.397. The lowest BCUT2D eigenvalue weighted by Crippen LogP contribution is -2.57. The third-order valence-electron chi connectivity index (χ3n) is 3.05. The van der Waals surface area contributed by atoms with Crippen LogP contribution in [0.25, 0.3) is 0 Å². The normalized spacial score (nSPS) is 35.4. The number of aliphatic hydroxyl groups is 1. The summed E-state index contributed by atoms with van der Waals surface area (Å²) in [5.74, 6) is -0.451. The number of carbonyl (C=O) groups excluding carboxylic acids is 2. The summed E-state index contributed by atoms with van der Waals surface area (Å²) in [7, 11) is 0. The van der Waals surface area contributed by atoms with Crippen molar-refractivity contribution in [3.8, 4) is 0 Å². The first-order valence-electron chi connectivity index (χ1n) is 5.49. The highest BCUT2D eigenvalue weighted by Gasteiger charge is 2.37. The zero-order valence-corrected chi connectivity index (χ0v) is 9.18. The molecule has 2 aliphatic heterocycles. The fourth-order valence-electron chi connectivity index (χ4n) is 2.06. The van der Waals surface area contributed by atoms with E-state index in [-0.39, 0.29) is 30.8 Å². The van der Waals surface area contributed by atoms with Gasteiger partial charge in [-0.2, -0.15) is 0 Å². The highest BCUT2D eigenvalue weighted by molar-refractivity contribution is 5.97. The molecule has 2 N–H and O–H groups in total. The molecule has 3 atom stereocenters. The first-order chi connectivity index (χ1) is 7.61. The average molecular weight is 228 g/mol. The van der Waals surface area contributed by atoms with Gasteiger partial charge >= 0.3 is 6.03 Å². The van der Waals surface area contributed by atoms with E-state index in [0.717, 1.165) is 6.42 Å². The number of nitrogens with one attached hydrogen (secondary N) is 1. The molecule has 0 aromatic carbocycles. The molecule has 0 aromatic heterocycles. The van der Waals surface area contributed by atoms with Crippen LogP contribution in [0.5, 0.6) is 0 Å².